The fraction of sp³-hybridized carbons (Fsp3) is 0.143. The third kappa shape index (κ3) is 2.72. The van der Waals surface area contributed by atoms with E-state index in [1.54, 1.807) is 0 Å². The Hall–Kier alpha value is -0.940. The van der Waals surface area contributed by atoms with Gasteiger partial charge in [-0.2, -0.15) is 0 Å². The van der Waals surface area contributed by atoms with Crippen molar-refractivity contribution < 1.29 is 8.37 Å². The summed E-state index contributed by atoms with van der Waals surface area (Å²) < 4.78 is 10.9. The van der Waals surface area contributed by atoms with Crippen molar-refractivity contribution in [3.05, 3.63) is 48.5 Å². The molecule has 0 saturated carbocycles. The zero-order valence-electron chi connectivity index (χ0n) is 9.67. The Kier molecular flexibility index (Phi) is 3.90. The molecular formula is C14H12O2S2. The summed E-state index contributed by atoms with van der Waals surface area (Å²) in [5.74, 6) is 0. The van der Waals surface area contributed by atoms with E-state index in [1.165, 1.54) is 35.2 Å². The third-order valence-electron chi connectivity index (χ3n) is 2.60. The van der Waals surface area contributed by atoms with Crippen molar-refractivity contribution in [2.24, 2.45) is 0 Å². The Bertz CT molecular complexity index is 529. The average Bonchev–Trinajstić information content (AvgIpc) is 2.40. The molecular weight excluding hydrogens is 264 g/mol. The Morgan fingerprint density at radius 2 is 1.44 bits per heavy atom. The Morgan fingerprint density at radius 3 is 2.22 bits per heavy atom. The molecule has 1 heterocycles. The van der Waals surface area contributed by atoms with Gasteiger partial charge in [-0.05, 0) is 23.3 Å². The van der Waals surface area contributed by atoms with E-state index in [4.69, 9.17) is 8.37 Å². The maximum absolute atomic E-state index is 5.47. The summed E-state index contributed by atoms with van der Waals surface area (Å²) in [4.78, 5) is 2.22. The first-order valence-electron chi connectivity index (χ1n) is 5.72. The molecule has 0 aliphatic carbocycles. The van der Waals surface area contributed by atoms with E-state index in [0.29, 0.717) is 13.2 Å². The van der Waals surface area contributed by atoms with Crippen molar-refractivity contribution in [1.82, 2.24) is 0 Å². The molecule has 0 saturated heterocycles. The van der Waals surface area contributed by atoms with Crippen LogP contribution in [0, 0.1) is 0 Å². The molecule has 0 bridgehead atoms. The van der Waals surface area contributed by atoms with Gasteiger partial charge < -0.3 is 8.37 Å². The summed E-state index contributed by atoms with van der Waals surface area (Å²) in [5, 5.41) is 0. The van der Waals surface area contributed by atoms with Crippen LogP contribution in [0.4, 0.5) is 0 Å². The van der Waals surface area contributed by atoms with Gasteiger partial charge >= 0.3 is 0 Å². The average molecular weight is 276 g/mol. The first-order chi connectivity index (χ1) is 8.93. The van der Waals surface area contributed by atoms with Crippen LogP contribution in [0.1, 0.15) is 0 Å². The second-order valence-corrected chi connectivity index (χ2v) is 5.52. The monoisotopic (exact) mass is 276 g/mol. The first-order valence-corrected chi connectivity index (χ1v) is 7.20. The second kappa shape index (κ2) is 5.80. The largest absolute Gasteiger partial charge is 0.308 e. The molecule has 3 rings (SSSR count). The number of rotatable bonds is 1. The van der Waals surface area contributed by atoms with Crippen LogP contribution in [-0.4, -0.2) is 13.2 Å². The van der Waals surface area contributed by atoms with E-state index in [9.17, 15) is 0 Å². The smallest absolute Gasteiger partial charge is 0.0865 e. The van der Waals surface area contributed by atoms with E-state index >= 15 is 0 Å². The van der Waals surface area contributed by atoms with Gasteiger partial charge in [0.2, 0.25) is 0 Å². The topological polar surface area (TPSA) is 18.5 Å². The fourth-order valence-corrected chi connectivity index (χ4v) is 3.08. The lowest BCUT2D eigenvalue weighted by Crippen LogP contribution is -1.99. The quantitative estimate of drug-likeness (QED) is 0.718. The number of hydrogen-bond donors (Lipinski definition) is 0. The van der Waals surface area contributed by atoms with Crippen LogP contribution in [0.2, 0.25) is 0 Å². The highest BCUT2D eigenvalue weighted by Crippen LogP contribution is 2.36. The van der Waals surface area contributed by atoms with E-state index in [2.05, 4.69) is 30.3 Å². The molecule has 0 fully saturated rings. The molecule has 92 valence electrons. The molecule has 2 aromatic carbocycles. The van der Waals surface area contributed by atoms with Gasteiger partial charge in [-0.3, -0.25) is 0 Å². The molecule has 1 aliphatic heterocycles. The summed E-state index contributed by atoms with van der Waals surface area (Å²) in [5.41, 5.74) is 2.42. The molecule has 0 N–H and O–H groups in total. The van der Waals surface area contributed by atoms with Gasteiger partial charge in [0.1, 0.15) is 0 Å². The SMILES string of the molecule is c1ccc(-c2ccc3c(c2)SOCCOS3)cc1. The summed E-state index contributed by atoms with van der Waals surface area (Å²) in [6, 6.07) is 16.7. The van der Waals surface area contributed by atoms with Crippen LogP contribution in [0.15, 0.2) is 58.3 Å². The van der Waals surface area contributed by atoms with Crippen LogP contribution in [0.5, 0.6) is 0 Å². The Labute approximate surface area is 115 Å². The molecule has 0 atom stereocenters. The molecule has 0 unspecified atom stereocenters. The fourth-order valence-electron chi connectivity index (χ4n) is 1.73. The minimum Gasteiger partial charge on any atom is -0.308 e. The standard InChI is InChI=1S/C14H12O2S2/c1-2-4-11(5-3-1)12-6-7-13-14(10-12)18-16-9-8-15-17-13/h1-7,10H,8-9H2. The van der Waals surface area contributed by atoms with E-state index in [1.807, 2.05) is 18.2 Å². The van der Waals surface area contributed by atoms with Crippen LogP contribution < -0.4 is 0 Å². The highest BCUT2D eigenvalue weighted by molar-refractivity contribution is 7.97. The zero-order valence-corrected chi connectivity index (χ0v) is 11.3. The molecule has 1 aliphatic rings. The summed E-state index contributed by atoms with van der Waals surface area (Å²) in [6.07, 6.45) is 0. The lowest BCUT2D eigenvalue weighted by molar-refractivity contribution is 0.263. The predicted molar refractivity (Wildman–Crippen MR) is 75.5 cm³/mol. The Morgan fingerprint density at radius 1 is 0.722 bits per heavy atom. The first kappa shape index (κ1) is 12.1. The summed E-state index contributed by atoms with van der Waals surface area (Å²) >= 11 is 2.86. The molecule has 2 aromatic rings. The molecule has 0 radical (unpaired) electrons. The van der Waals surface area contributed by atoms with Crippen molar-refractivity contribution in [2.45, 2.75) is 9.79 Å². The molecule has 4 heteroatoms. The van der Waals surface area contributed by atoms with Crippen molar-refractivity contribution >= 4 is 24.1 Å². The molecule has 0 amide bonds. The maximum Gasteiger partial charge on any atom is 0.0865 e. The zero-order chi connectivity index (χ0) is 12.2. The van der Waals surface area contributed by atoms with Crippen molar-refractivity contribution in [3.8, 4) is 11.1 Å². The van der Waals surface area contributed by atoms with Crippen molar-refractivity contribution in [2.75, 3.05) is 13.2 Å². The second-order valence-electron chi connectivity index (χ2n) is 3.84. The van der Waals surface area contributed by atoms with Crippen LogP contribution in [0.3, 0.4) is 0 Å². The molecule has 0 aromatic heterocycles. The molecule has 2 nitrogen and oxygen atoms in total. The predicted octanol–water partition coefficient (Wildman–Crippen LogP) is 4.41. The molecule has 18 heavy (non-hydrogen) atoms. The van der Waals surface area contributed by atoms with Gasteiger partial charge in [-0.15, -0.1) is 0 Å². The van der Waals surface area contributed by atoms with Crippen LogP contribution in [-0.2, 0) is 8.37 Å². The number of fused-ring (bicyclic) bond motifs is 1. The number of benzene rings is 2. The van der Waals surface area contributed by atoms with Crippen LogP contribution in [0.25, 0.3) is 11.1 Å². The van der Waals surface area contributed by atoms with Gasteiger partial charge in [0.05, 0.1) is 23.0 Å². The van der Waals surface area contributed by atoms with Crippen molar-refractivity contribution in [3.63, 3.8) is 0 Å². The van der Waals surface area contributed by atoms with Gasteiger partial charge in [0.15, 0.2) is 0 Å². The maximum atomic E-state index is 5.47. The van der Waals surface area contributed by atoms with E-state index < -0.39 is 0 Å². The van der Waals surface area contributed by atoms with E-state index in [0.717, 1.165) is 9.79 Å². The van der Waals surface area contributed by atoms with Gasteiger partial charge in [-0.1, -0.05) is 36.4 Å². The van der Waals surface area contributed by atoms with E-state index in [-0.39, 0.29) is 0 Å². The van der Waals surface area contributed by atoms with Gasteiger partial charge in [0, 0.05) is 24.1 Å². The minimum atomic E-state index is 0.618. The summed E-state index contributed by atoms with van der Waals surface area (Å²) in [7, 11) is 0. The minimum absolute atomic E-state index is 0.618. The highest BCUT2D eigenvalue weighted by Gasteiger charge is 2.10. The highest BCUT2D eigenvalue weighted by atomic mass is 32.2. The Balaban J connectivity index is 1.96. The van der Waals surface area contributed by atoms with Gasteiger partial charge in [-0.25, -0.2) is 0 Å². The summed E-state index contributed by atoms with van der Waals surface area (Å²) in [6.45, 7) is 1.24. The van der Waals surface area contributed by atoms with Crippen LogP contribution >= 0.6 is 24.1 Å². The van der Waals surface area contributed by atoms with Gasteiger partial charge in [0.25, 0.3) is 0 Å². The van der Waals surface area contributed by atoms with Crippen molar-refractivity contribution in [1.29, 1.82) is 0 Å². The third-order valence-corrected chi connectivity index (χ3v) is 4.35. The lowest BCUT2D eigenvalue weighted by atomic mass is 10.1. The normalized spacial score (nSPS) is 15.6. The number of hydrogen-bond acceptors (Lipinski definition) is 4. The molecule has 0 spiro atoms. The lowest BCUT2D eigenvalue weighted by Gasteiger charge is -2.13.